The molecule has 1 saturated carbocycles. The van der Waals surface area contributed by atoms with Crippen LogP contribution in [0.1, 0.15) is 18.4 Å². The van der Waals surface area contributed by atoms with E-state index in [0.29, 0.717) is 34.5 Å². The summed E-state index contributed by atoms with van der Waals surface area (Å²) in [4.78, 5) is 25.3. The molecule has 1 fully saturated rings. The van der Waals surface area contributed by atoms with E-state index in [1.165, 1.54) is 18.5 Å². The second kappa shape index (κ2) is 13.4. The first-order valence-corrected chi connectivity index (χ1v) is 13.3. The summed E-state index contributed by atoms with van der Waals surface area (Å²) >= 11 is 0. The van der Waals surface area contributed by atoms with Gasteiger partial charge in [-0.05, 0) is 51.2 Å². The molecular weight excluding hydrogens is 518 g/mol. The minimum Gasteiger partial charge on any atom is -0.488 e. The Morgan fingerprint density at radius 3 is 2.44 bits per heavy atom. The molecule has 0 radical (unpaired) electrons. The molecule has 0 aliphatic heterocycles. The number of para-hydroxylation sites is 1. The van der Waals surface area contributed by atoms with E-state index in [1.807, 2.05) is 57.5 Å². The molecule has 0 spiro atoms. The molecule has 41 heavy (non-hydrogen) atoms. The number of rotatable bonds is 14. The highest BCUT2D eigenvalue weighted by Gasteiger charge is 2.26. The zero-order valence-corrected chi connectivity index (χ0v) is 23.6. The number of nitrogens with zero attached hydrogens (tertiary/aromatic N) is 4. The van der Waals surface area contributed by atoms with Gasteiger partial charge in [0.2, 0.25) is 5.91 Å². The van der Waals surface area contributed by atoms with E-state index in [-0.39, 0.29) is 12.0 Å². The number of likely N-dealkylation sites (N-methyl/N-ethyl adjacent to an activating group) is 2. The van der Waals surface area contributed by atoms with Gasteiger partial charge in [-0.1, -0.05) is 24.8 Å². The summed E-state index contributed by atoms with van der Waals surface area (Å²) < 4.78 is 6.29. The third-order valence-corrected chi connectivity index (χ3v) is 6.35. The Kier molecular flexibility index (Phi) is 9.54. The number of amides is 1. The van der Waals surface area contributed by atoms with Gasteiger partial charge in [0.05, 0.1) is 23.2 Å². The van der Waals surface area contributed by atoms with Crippen LogP contribution in [0.2, 0.25) is 0 Å². The quantitative estimate of drug-likeness (QED) is 0.143. The second-order valence-corrected chi connectivity index (χ2v) is 9.97. The van der Waals surface area contributed by atoms with Crippen LogP contribution >= 0.6 is 0 Å². The molecule has 1 aliphatic carbocycles. The van der Waals surface area contributed by atoms with Gasteiger partial charge in [-0.25, -0.2) is 9.97 Å². The Labute approximate surface area is 240 Å². The molecule has 1 aromatic heterocycles. The number of allylic oxidation sites excluding steroid dienone is 1. The van der Waals surface area contributed by atoms with E-state index in [1.54, 1.807) is 6.07 Å². The van der Waals surface area contributed by atoms with Crippen LogP contribution in [-0.4, -0.2) is 67.3 Å². The summed E-state index contributed by atoms with van der Waals surface area (Å²) in [5.74, 6) is 1.43. The number of hydrogen-bond donors (Lipinski definition) is 5. The lowest BCUT2D eigenvalue weighted by molar-refractivity contribution is -0.111. The van der Waals surface area contributed by atoms with Gasteiger partial charge in [-0.2, -0.15) is 0 Å². The van der Waals surface area contributed by atoms with Crippen molar-refractivity contribution in [1.29, 1.82) is 5.41 Å². The van der Waals surface area contributed by atoms with Crippen LogP contribution in [0.25, 0.3) is 5.70 Å². The maximum atomic E-state index is 12.3. The smallest absolute Gasteiger partial charge is 0.247 e. The number of carbonyl (C=O) groups is 1. The molecule has 1 amide bonds. The third kappa shape index (κ3) is 8.05. The summed E-state index contributed by atoms with van der Waals surface area (Å²) in [5, 5.41) is 16.9. The molecule has 0 atom stereocenters. The van der Waals surface area contributed by atoms with Gasteiger partial charge in [-0.15, -0.1) is 0 Å². The number of hydrogen-bond acceptors (Lipinski definition) is 10. The Morgan fingerprint density at radius 2 is 1.78 bits per heavy atom. The molecule has 1 heterocycles. The van der Waals surface area contributed by atoms with Crippen molar-refractivity contribution in [1.82, 2.24) is 14.9 Å². The zero-order valence-electron chi connectivity index (χ0n) is 23.6. The van der Waals surface area contributed by atoms with E-state index in [9.17, 15) is 4.79 Å². The molecule has 1 aliphatic rings. The lowest BCUT2D eigenvalue weighted by Crippen LogP contribution is -2.29. The molecule has 0 saturated heterocycles. The fourth-order valence-corrected chi connectivity index (χ4v) is 3.99. The Balaban J connectivity index is 1.66. The van der Waals surface area contributed by atoms with Crippen LogP contribution in [0.4, 0.5) is 34.4 Å². The number of anilines is 6. The molecular formula is C30H37N9O2. The van der Waals surface area contributed by atoms with Crippen LogP contribution in [-0.2, 0) is 4.79 Å². The van der Waals surface area contributed by atoms with Gasteiger partial charge < -0.3 is 41.6 Å². The van der Waals surface area contributed by atoms with Crippen molar-refractivity contribution in [2.45, 2.75) is 18.9 Å². The van der Waals surface area contributed by atoms with E-state index < -0.39 is 0 Å². The molecule has 11 heteroatoms. The van der Waals surface area contributed by atoms with Crippen molar-refractivity contribution >= 4 is 52.2 Å². The molecule has 6 N–H and O–H groups in total. The largest absolute Gasteiger partial charge is 0.488 e. The molecule has 4 rings (SSSR count). The first-order valence-electron chi connectivity index (χ1n) is 13.3. The van der Waals surface area contributed by atoms with Crippen molar-refractivity contribution in [3.05, 3.63) is 73.1 Å². The van der Waals surface area contributed by atoms with Gasteiger partial charge in [0.15, 0.2) is 0 Å². The predicted molar refractivity (Wildman–Crippen MR) is 167 cm³/mol. The number of nitrogens with two attached hydrogens (primary N) is 1. The topological polar surface area (TPSA) is 145 Å². The van der Waals surface area contributed by atoms with Gasteiger partial charge >= 0.3 is 0 Å². The number of ether oxygens (including phenoxy) is 1. The minimum absolute atomic E-state index is 0.155. The standard InChI is InChI=1S/C30H37N9O2/c1-5-30(40)37-24-16-25(27(41-20-10-11-20)17-26(24)39(4)15-14-38(2)3)36-29-18-28(33-19-34-29)35-23-9-7-6-8-21(23)22(32)12-13-31/h5-9,12-13,16-20,31H,1,10-11,14-15,32H2,2-4H3,(H,37,40)(H2,33,34,35,36). The molecule has 3 aromatic rings. The van der Waals surface area contributed by atoms with Crippen molar-refractivity contribution in [3.63, 3.8) is 0 Å². The Bertz CT molecular complexity index is 1430. The number of benzene rings is 2. The molecule has 0 unspecified atom stereocenters. The highest BCUT2D eigenvalue weighted by molar-refractivity contribution is 6.02. The van der Waals surface area contributed by atoms with Crippen LogP contribution in [0.3, 0.4) is 0 Å². The average molecular weight is 556 g/mol. The van der Waals surface area contributed by atoms with E-state index in [4.69, 9.17) is 15.9 Å². The number of nitrogens with one attached hydrogen (secondary N) is 4. The second-order valence-electron chi connectivity index (χ2n) is 9.97. The SMILES string of the molecule is C=CC(=O)Nc1cc(Nc2cc(Nc3ccccc3C(N)=CC=N)ncn2)c(OC2CC2)cc1N(C)CCN(C)C. The Hall–Kier alpha value is -4.90. The highest BCUT2D eigenvalue weighted by atomic mass is 16.5. The van der Waals surface area contributed by atoms with Gasteiger partial charge in [0.25, 0.3) is 0 Å². The van der Waals surface area contributed by atoms with Gasteiger partial charge in [0, 0.05) is 55.4 Å². The molecule has 2 aromatic carbocycles. The fraction of sp³-hybridized carbons (Fsp3) is 0.267. The lowest BCUT2D eigenvalue weighted by atomic mass is 10.1. The maximum absolute atomic E-state index is 12.3. The number of carbonyl (C=O) groups excluding carboxylic acids is 1. The fourth-order valence-electron chi connectivity index (χ4n) is 3.99. The van der Waals surface area contributed by atoms with Crippen molar-refractivity contribution in [3.8, 4) is 5.75 Å². The average Bonchev–Trinajstić information content (AvgIpc) is 3.77. The zero-order chi connectivity index (χ0) is 29.4. The minimum atomic E-state index is -0.308. The Morgan fingerprint density at radius 1 is 1.07 bits per heavy atom. The van der Waals surface area contributed by atoms with Crippen LogP contribution < -0.4 is 31.3 Å². The van der Waals surface area contributed by atoms with Crippen LogP contribution in [0.15, 0.2) is 67.5 Å². The normalized spacial score (nSPS) is 12.9. The van der Waals surface area contributed by atoms with E-state index >= 15 is 0 Å². The number of aromatic nitrogens is 2. The lowest BCUT2D eigenvalue weighted by Gasteiger charge is -2.26. The monoisotopic (exact) mass is 555 g/mol. The van der Waals surface area contributed by atoms with Crippen molar-refractivity contribution in [2.75, 3.05) is 55.1 Å². The third-order valence-electron chi connectivity index (χ3n) is 6.35. The molecule has 11 nitrogen and oxygen atoms in total. The van der Waals surface area contributed by atoms with Crippen LogP contribution in [0.5, 0.6) is 5.75 Å². The predicted octanol–water partition coefficient (Wildman–Crippen LogP) is 4.58. The summed E-state index contributed by atoms with van der Waals surface area (Å²) in [6.07, 6.45) is 7.52. The molecule has 0 bridgehead atoms. The van der Waals surface area contributed by atoms with E-state index in [2.05, 4.69) is 42.3 Å². The van der Waals surface area contributed by atoms with Crippen LogP contribution in [0, 0.1) is 5.41 Å². The summed E-state index contributed by atoms with van der Waals surface area (Å²) in [6, 6.07) is 13.1. The van der Waals surface area contributed by atoms with E-state index in [0.717, 1.165) is 49.1 Å². The molecule has 214 valence electrons. The van der Waals surface area contributed by atoms with Crippen molar-refractivity contribution < 1.29 is 9.53 Å². The summed E-state index contributed by atoms with van der Waals surface area (Å²) in [6.45, 7) is 5.19. The first kappa shape index (κ1) is 29.1. The highest BCUT2D eigenvalue weighted by Crippen LogP contribution is 2.41. The van der Waals surface area contributed by atoms with Gasteiger partial charge in [-0.3, -0.25) is 4.79 Å². The first-order chi connectivity index (χ1) is 19.8. The summed E-state index contributed by atoms with van der Waals surface area (Å²) in [5.41, 5.74) is 10.2. The maximum Gasteiger partial charge on any atom is 0.247 e. The van der Waals surface area contributed by atoms with Crippen molar-refractivity contribution in [2.24, 2.45) is 5.73 Å². The van der Waals surface area contributed by atoms with Gasteiger partial charge in [0.1, 0.15) is 23.7 Å². The summed E-state index contributed by atoms with van der Waals surface area (Å²) in [7, 11) is 6.03.